The van der Waals surface area contributed by atoms with Crippen LogP contribution in [0.5, 0.6) is 0 Å². The van der Waals surface area contributed by atoms with Gasteiger partial charge in [0.25, 0.3) is 17.5 Å². The Balaban J connectivity index is 1.68. The highest BCUT2D eigenvalue weighted by Crippen LogP contribution is 2.27. The molecule has 0 radical (unpaired) electrons. The van der Waals surface area contributed by atoms with Crippen LogP contribution in [0, 0.1) is 15.9 Å². The number of carbonyl (C=O) groups is 3. The quantitative estimate of drug-likeness (QED) is 0.326. The third-order valence-corrected chi connectivity index (χ3v) is 4.15. The van der Waals surface area contributed by atoms with E-state index in [1.54, 1.807) is 0 Å². The number of azo groups is 1. The molecule has 2 aromatic carbocycles. The van der Waals surface area contributed by atoms with Gasteiger partial charge in [-0.15, -0.1) is 5.11 Å². The first-order valence-corrected chi connectivity index (χ1v) is 8.88. The molecular weight excluding hydrogens is 411 g/mol. The number of nitro benzene ring substituents is 1. The van der Waals surface area contributed by atoms with Gasteiger partial charge in [0.05, 0.1) is 16.3 Å². The van der Waals surface area contributed by atoms with Gasteiger partial charge in [-0.25, -0.2) is 4.39 Å². The normalized spacial score (nSPS) is 15.8. The largest absolute Gasteiger partial charge is 0.323 e. The van der Waals surface area contributed by atoms with E-state index in [0.29, 0.717) is 5.01 Å². The molecule has 31 heavy (non-hydrogen) atoms. The summed E-state index contributed by atoms with van der Waals surface area (Å²) in [6.07, 6.45) is -0.759. The van der Waals surface area contributed by atoms with E-state index in [2.05, 4.69) is 20.6 Å². The third-order valence-electron chi connectivity index (χ3n) is 4.15. The number of nitrogens with one attached hydrogen (secondary N) is 1. The molecule has 3 rings (SSSR count). The molecule has 1 heterocycles. The Kier molecular flexibility index (Phi) is 6.19. The number of hydrazone groups is 1. The average Bonchev–Trinajstić information content (AvgIpc) is 3.02. The summed E-state index contributed by atoms with van der Waals surface area (Å²) in [5.41, 5.74) is -0.356. The van der Waals surface area contributed by atoms with Gasteiger partial charge >= 0.3 is 0 Å². The number of nitrogens with zero attached hydrogens (tertiary/aromatic N) is 5. The Bertz CT molecular complexity index is 1130. The number of carbonyl (C=O) groups excluding carboxylic acids is 3. The van der Waals surface area contributed by atoms with Gasteiger partial charge < -0.3 is 5.32 Å². The van der Waals surface area contributed by atoms with Gasteiger partial charge in [-0.2, -0.15) is 15.2 Å². The van der Waals surface area contributed by atoms with Crippen LogP contribution >= 0.6 is 0 Å². The van der Waals surface area contributed by atoms with E-state index in [-0.39, 0.29) is 22.8 Å². The van der Waals surface area contributed by atoms with Crippen LogP contribution in [0.4, 0.5) is 21.5 Å². The Morgan fingerprint density at radius 1 is 1.23 bits per heavy atom. The lowest BCUT2D eigenvalue weighted by atomic mass is 10.2. The van der Waals surface area contributed by atoms with Gasteiger partial charge in [-0.1, -0.05) is 24.3 Å². The molecule has 3 amide bonds. The highest BCUT2D eigenvalue weighted by atomic mass is 19.1. The SMILES string of the molecule is CC1=NN(C(=O)CC(=O)Nc2ccccc2F)C(=O)[C@@H]1N=Nc1ccccc1[N+](=O)[O-]. The fraction of sp³-hybridized carbons (Fsp3) is 0.158. The minimum Gasteiger partial charge on any atom is -0.323 e. The van der Waals surface area contributed by atoms with E-state index < -0.39 is 40.9 Å². The van der Waals surface area contributed by atoms with Crippen molar-refractivity contribution in [1.29, 1.82) is 0 Å². The highest BCUT2D eigenvalue weighted by Gasteiger charge is 2.38. The second kappa shape index (κ2) is 8.98. The van der Waals surface area contributed by atoms with Gasteiger partial charge in [0.1, 0.15) is 12.2 Å². The Labute approximate surface area is 174 Å². The van der Waals surface area contributed by atoms with Crippen LogP contribution in [0.25, 0.3) is 0 Å². The number of hydrogen-bond acceptors (Lipinski definition) is 8. The van der Waals surface area contributed by atoms with Gasteiger partial charge in [-0.3, -0.25) is 24.5 Å². The number of imide groups is 1. The summed E-state index contributed by atoms with van der Waals surface area (Å²) in [6, 6.07) is 9.69. The standard InChI is InChI=1S/C19H15FN6O5/c1-11-18(23-22-14-8-4-5-9-15(14)26(30)31)19(29)25(24-11)17(28)10-16(27)21-13-7-3-2-6-12(13)20/h2-9,18H,10H2,1H3,(H,21,27)/t18-/m1/s1. The smallest absolute Gasteiger partial charge is 0.296 e. The fourth-order valence-electron chi connectivity index (χ4n) is 2.66. The first-order valence-electron chi connectivity index (χ1n) is 8.88. The molecule has 158 valence electrons. The maximum Gasteiger partial charge on any atom is 0.296 e. The van der Waals surface area contributed by atoms with Crippen LogP contribution in [-0.2, 0) is 14.4 Å². The molecule has 0 aliphatic carbocycles. The molecule has 1 aliphatic heterocycles. The van der Waals surface area contributed by atoms with Crippen molar-refractivity contribution in [2.75, 3.05) is 5.32 Å². The molecule has 1 atom stereocenters. The summed E-state index contributed by atoms with van der Waals surface area (Å²) in [5, 5.41) is 25.1. The van der Waals surface area contributed by atoms with E-state index in [1.165, 1.54) is 49.4 Å². The van der Waals surface area contributed by atoms with Crippen molar-refractivity contribution in [3.63, 3.8) is 0 Å². The monoisotopic (exact) mass is 426 g/mol. The molecule has 12 heteroatoms. The van der Waals surface area contributed by atoms with Crippen molar-refractivity contribution in [2.24, 2.45) is 15.3 Å². The molecule has 0 spiro atoms. The zero-order chi connectivity index (χ0) is 22.5. The van der Waals surface area contributed by atoms with Crippen LogP contribution in [0.1, 0.15) is 13.3 Å². The second-order valence-corrected chi connectivity index (χ2v) is 6.35. The minimum absolute atomic E-state index is 0.0675. The molecule has 0 aromatic heterocycles. The molecule has 1 N–H and O–H groups in total. The Morgan fingerprint density at radius 2 is 1.90 bits per heavy atom. The minimum atomic E-state index is -1.27. The van der Waals surface area contributed by atoms with Crippen LogP contribution in [-0.4, -0.2) is 39.4 Å². The van der Waals surface area contributed by atoms with Crippen molar-refractivity contribution >= 4 is 40.5 Å². The number of anilines is 1. The summed E-state index contributed by atoms with van der Waals surface area (Å²) >= 11 is 0. The summed E-state index contributed by atoms with van der Waals surface area (Å²) in [6.45, 7) is 1.42. The number of amides is 3. The third kappa shape index (κ3) is 4.80. The van der Waals surface area contributed by atoms with E-state index in [1.807, 2.05) is 0 Å². The van der Waals surface area contributed by atoms with Crippen molar-refractivity contribution in [1.82, 2.24) is 5.01 Å². The molecular formula is C19H15FN6O5. The van der Waals surface area contributed by atoms with Crippen LogP contribution in [0.2, 0.25) is 0 Å². The van der Waals surface area contributed by atoms with Gasteiger partial charge in [-0.05, 0) is 25.1 Å². The van der Waals surface area contributed by atoms with E-state index in [0.717, 1.165) is 6.07 Å². The molecule has 2 aromatic rings. The Morgan fingerprint density at radius 3 is 2.61 bits per heavy atom. The molecule has 1 aliphatic rings. The molecule has 0 unspecified atom stereocenters. The van der Waals surface area contributed by atoms with Crippen LogP contribution in [0.15, 0.2) is 63.9 Å². The van der Waals surface area contributed by atoms with Crippen molar-refractivity contribution in [2.45, 2.75) is 19.4 Å². The van der Waals surface area contributed by atoms with Crippen LogP contribution in [0.3, 0.4) is 0 Å². The van der Waals surface area contributed by atoms with Crippen LogP contribution < -0.4 is 5.32 Å². The molecule has 0 saturated carbocycles. The topological polar surface area (TPSA) is 147 Å². The van der Waals surface area contributed by atoms with E-state index >= 15 is 0 Å². The lowest BCUT2D eigenvalue weighted by Gasteiger charge is -2.11. The van der Waals surface area contributed by atoms with Crippen molar-refractivity contribution in [3.8, 4) is 0 Å². The number of para-hydroxylation sites is 2. The zero-order valence-corrected chi connectivity index (χ0v) is 16.1. The van der Waals surface area contributed by atoms with E-state index in [9.17, 15) is 28.9 Å². The number of halogens is 1. The highest BCUT2D eigenvalue weighted by molar-refractivity contribution is 6.18. The lowest BCUT2D eigenvalue weighted by Crippen LogP contribution is -2.36. The van der Waals surface area contributed by atoms with Crippen molar-refractivity contribution < 1.29 is 23.7 Å². The number of hydrogen-bond donors (Lipinski definition) is 1. The molecule has 0 fully saturated rings. The summed E-state index contributed by atoms with van der Waals surface area (Å²) < 4.78 is 13.6. The second-order valence-electron chi connectivity index (χ2n) is 6.35. The van der Waals surface area contributed by atoms with Gasteiger partial charge in [0.2, 0.25) is 5.91 Å². The first kappa shape index (κ1) is 21.4. The van der Waals surface area contributed by atoms with Gasteiger partial charge in [0.15, 0.2) is 11.7 Å². The zero-order valence-electron chi connectivity index (χ0n) is 16.1. The summed E-state index contributed by atoms with van der Waals surface area (Å²) in [7, 11) is 0. The maximum atomic E-state index is 13.6. The summed E-state index contributed by atoms with van der Waals surface area (Å²) in [4.78, 5) is 47.3. The number of nitro groups is 1. The maximum absolute atomic E-state index is 13.6. The average molecular weight is 426 g/mol. The molecule has 0 bridgehead atoms. The van der Waals surface area contributed by atoms with Crippen molar-refractivity contribution in [3.05, 3.63) is 64.5 Å². The predicted molar refractivity (Wildman–Crippen MR) is 106 cm³/mol. The Hall–Kier alpha value is -4.35. The lowest BCUT2D eigenvalue weighted by molar-refractivity contribution is -0.384. The van der Waals surface area contributed by atoms with Gasteiger partial charge in [0, 0.05) is 6.07 Å². The van der Waals surface area contributed by atoms with E-state index in [4.69, 9.17) is 0 Å². The first-order chi connectivity index (χ1) is 14.8. The summed E-state index contributed by atoms with van der Waals surface area (Å²) in [5.74, 6) is -3.31. The molecule has 11 nitrogen and oxygen atoms in total. The fourth-order valence-corrected chi connectivity index (χ4v) is 2.66. The molecule has 0 saturated heterocycles. The number of benzene rings is 2. The number of rotatable bonds is 6. The predicted octanol–water partition coefficient (Wildman–Crippen LogP) is 2.96.